The molecule has 1 aliphatic carbocycles. The van der Waals surface area contributed by atoms with Crippen LogP contribution in [0.2, 0.25) is 0 Å². The van der Waals surface area contributed by atoms with Crippen LogP contribution in [0.4, 0.5) is 0 Å². The Morgan fingerprint density at radius 2 is 2.10 bits per heavy atom. The van der Waals surface area contributed by atoms with Gasteiger partial charge in [0, 0.05) is 12.0 Å². The van der Waals surface area contributed by atoms with Gasteiger partial charge < -0.3 is 14.9 Å². The number of aliphatic hydroxyl groups excluding tert-OH is 1. The maximum Gasteiger partial charge on any atom is 0.226 e. The van der Waals surface area contributed by atoms with Gasteiger partial charge in [-0.3, -0.25) is 0 Å². The minimum atomic E-state index is -0.245. The summed E-state index contributed by atoms with van der Waals surface area (Å²) in [5.74, 6) is 1.94. The molecule has 0 radical (unpaired) electrons. The van der Waals surface area contributed by atoms with Crippen LogP contribution in [0.3, 0.4) is 0 Å². The van der Waals surface area contributed by atoms with Crippen molar-refractivity contribution >= 4 is 0 Å². The van der Waals surface area contributed by atoms with Crippen molar-refractivity contribution in [1.82, 2.24) is 15.5 Å². The fourth-order valence-electron chi connectivity index (χ4n) is 3.14. The van der Waals surface area contributed by atoms with Crippen molar-refractivity contribution in [2.45, 2.75) is 77.3 Å². The molecule has 120 valence electrons. The molecule has 1 aromatic rings. The van der Waals surface area contributed by atoms with Gasteiger partial charge in [0.05, 0.1) is 13.2 Å². The molecule has 5 heteroatoms. The van der Waals surface area contributed by atoms with Crippen molar-refractivity contribution in [2.75, 3.05) is 6.61 Å². The van der Waals surface area contributed by atoms with Crippen LogP contribution in [0.1, 0.15) is 70.5 Å². The molecule has 0 saturated heterocycles. The highest BCUT2D eigenvalue weighted by atomic mass is 16.5. The molecule has 21 heavy (non-hydrogen) atoms. The number of aryl methyl sites for hydroxylation is 1. The maximum absolute atomic E-state index is 9.81. The number of hydrogen-bond acceptors (Lipinski definition) is 5. The van der Waals surface area contributed by atoms with Crippen molar-refractivity contribution in [2.24, 2.45) is 5.92 Å². The van der Waals surface area contributed by atoms with E-state index in [0.717, 1.165) is 25.2 Å². The maximum atomic E-state index is 9.81. The predicted octanol–water partition coefficient (Wildman–Crippen LogP) is 2.83. The third-order valence-electron chi connectivity index (χ3n) is 4.74. The lowest BCUT2D eigenvalue weighted by molar-refractivity contribution is 0.0928. The number of nitrogens with one attached hydrogen (secondary N) is 1. The van der Waals surface area contributed by atoms with Crippen molar-refractivity contribution in [3.8, 4) is 0 Å². The highest BCUT2D eigenvalue weighted by molar-refractivity contribution is 4.94. The quantitative estimate of drug-likeness (QED) is 0.771. The average Bonchev–Trinajstić information content (AvgIpc) is 2.99. The molecule has 1 aromatic heterocycles. The standard InChI is InChI=1S/C16H29N3O2/c1-3-4-10-15-18-14(19-21-15)11-17-16(2,12-20)13-8-6-5-7-9-13/h13,17,20H,3-12H2,1-2H3/t16-/m0/s1. The van der Waals surface area contributed by atoms with E-state index in [1.807, 2.05) is 0 Å². The first-order chi connectivity index (χ1) is 10.2. The third-order valence-corrected chi connectivity index (χ3v) is 4.74. The molecule has 0 bridgehead atoms. The zero-order chi connectivity index (χ0) is 15.1. The summed E-state index contributed by atoms with van der Waals surface area (Å²) in [5, 5.41) is 17.3. The topological polar surface area (TPSA) is 71.2 Å². The number of aromatic nitrogens is 2. The molecule has 1 heterocycles. The molecule has 0 amide bonds. The van der Waals surface area contributed by atoms with E-state index in [0.29, 0.717) is 18.3 Å². The first-order valence-corrected chi connectivity index (χ1v) is 8.35. The van der Waals surface area contributed by atoms with Gasteiger partial charge in [-0.2, -0.15) is 4.98 Å². The number of hydrogen-bond donors (Lipinski definition) is 2. The van der Waals surface area contributed by atoms with Gasteiger partial charge in [-0.1, -0.05) is 37.8 Å². The number of rotatable bonds is 8. The van der Waals surface area contributed by atoms with Crippen molar-refractivity contribution in [3.63, 3.8) is 0 Å². The first kappa shape index (κ1) is 16.4. The first-order valence-electron chi connectivity index (χ1n) is 8.35. The van der Waals surface area contributed by atoms with Crippen LogP contribution < -0.4 is 5.32 Å². The lowest BCUT2D eigenvalue weighted by Crippen LogP contribution is -2.52. The van der Waals surface area contributed by atoms with E-state index in [-0.39, 0.29) is 12.1 Å². The second kappa shape index (κ2) is 7.90. The summed E-state index contributed by atoms with van der Waals surface area (Å²) in [6.07, 6.45) is 9.30. The van der Waals surface area contributed by atoms with E-state index in [9.17, 15) is 5.11 Å². The second-order valence-electron chi connectivity index (χ2n) is 6.47. The van der Waals surface area contributed by atoms with Gasteiger partial charge in [0.2, 0.25) is 5.89 Å². The zero-order valence-electron chi connectivity index (χ0n) is 13.4. The molecular weight excluding hydrogens is 266 g/mol. The van der Waals surface area contributed by atoms with Crippen LogP contribution in [0.15, 0.2) is 4.52 Å². The van der Waals surface area contributed by atoms with Gasteiger partial charge in [-0.15, -0.1) is 0 Å². The Hall–Kier alpha value is -0.940. The highest BCUT2D eigenvalue weighted by Gasteiger charge is 2.34. The molecule has 2 N–H and O–H groups in total. The summed E-state index contributed by atoms with van der Waals surface area (Å²) in [7, 11) is 0. The molecular formula is C16H29N3O2. The normalized spacial score (nSPS) is 19.6. The number of unbranched alkanes of at least 4 members (excludes halogenated alkanes) is 1. The molecule has 2 rings (SSSR count). The van der Waals surface area contributed by atoms with E-state index in [2.05, 4.69) is 29.3 Å². The van der Waals surface area contributed by atoms with Crippen LogP contribution in [-0.4, -0.2) is 27.4 Å². The Bertz CT molecular complexity index is 415. The van der Waals surface area contributed by atoms with Gasteiger partial charge in [0.15, 0.2) is 5.82 Å². The molecule has 5 nitrogen and oxygen atoms in total. The van der Waals surface area contributed by atoms with Crippen molar-refractivity contribution in [1.29, 1.82) is 0 Å². The molecule has 1 saturated carbocycles. The van der Waals surface area contributed by atoms with Crippen molar-refractivity contribution in [3.05, 3.63) is 11.7 Å². The minimum Gasteiger partial charge on any atom is -0.394 e. The predicted molar refractivity (Wildman–Crippen MR) is 81.8 cm³/mol. The van der Waals surface area contributed by atoms with E-state index >= 15 is 0 Å². The number of nitrogens with zero attached hydrogens (tertiary/aromatic N) is 2. The lowest BCUT2D eigenvalue weighted by Gasteiger charge is -2.39. The summed E-state index contributed by atoms with van der Waals surface area (Å²) in [5.41, 5.74) is -0.245. The molecule has 1 atom stereocenters. The SMILES string of the molecule is CCCCc1nc(CN[C@@](C)(CO)C2CCCCC2)no1. The second-order valence-corrected chi connectivity index (χ2v) is 6.47. The monoisotopic (exact) mass is 295 g/mol. The van der Waals surface area contributed by atoms with Gasteiger partial charge in [0.25, 0.3) is 0 Å². The Labute approximate surface area is 127 Å². The van der Waals surface area contributed by atoms with Gasteiger partial charge in [0.1, 0.15) is 0 Å². The van der Waals surface area contributed by atoms with E-state index in [1.54, 1.807) is 0 Å². The summed E-state index contributed by atoms with van der Waals surface area (Å²) < 4.78 is 5.25. The van der Waals surface area contributed by atoms with Crippen LogP contribution in [0.25, 0.3) is 0 Å². The Morgan fingerprint density at radius 3 is 2.76 bits per heavy atom. The van der Waals surface area contributed by atoms with Crippen LogP contribution >= 0.6 is 0 Å². The van der Waals surface area contributed by atoms with E-state index in [1.165, 1.54) is 32.1 Å². The Morgan fingerprint density at radius 1 is 1.33 bits per heavy atom. The largest absolute Gasteiger partial charge is 0.394 e. The summed E-state index contributed by atoms with van der Waals surface area (Å²) in [4.78, 5) is 4.41. The van der Waals surface area contributed by atoms with Gasteiger partial charge in [-0.05, 0) is 32.1 Å². The fraction of sp³-hybridized carbons (Fsp3) is 0.875. The molecule has 0 spiro atoms. The van der Waals surface area contributed by atoms with Crippen LogP contribution in [-0.2, 0) is 13.0 Å². The summed E-state index contributed by atoms with van der Waals surface area (Å²) in [6, 6.07) is 0. The molecule has 0 aliphatic heterocycles. The molecule has 0 unspecified atom stereocenters. The molecule has 1 aliphatic rings. The lowest BCUT2D eigenvalue weighted by atomic mass is 9.76. The number of aliphatic hydroxyl groups is 1. The van der Waals surface area contributed by atoms with Crippen LogP contribution in [0.5, 0.6) is 0 Å². The Balaban J connectivity index is 1.88. The van der Waals surface area contributed by atoms with Crippen molar-refractivity contribution < 1.29 is 9.63 Å². The molecule has 0 aromatic carbocycles. The minimum absolute atomic E-state index is 0.151. The smallest absolute Gasteiger partial charge is 0.226 e. The van der Waals surface area contributed by atoms with E-state index < -0.39 is 0 Å². The summed E-state index contributed by atoms with van der Waals surface area (Å²) in [6.45, 7) is 4.97. The molecule has 1 fully saturated rings. The average molecular weight is 295 g/mol. The van der Waals surface area contributed by atoms with Gasteiger partial charge in [-0.25, -0.2) is 0 Å². The van der Waals surface area contributed by atoms with E-state index in [4.69, 9.17) is 4.52 Å². The summed E-state index contributed by atoms with van der Waals surface area (Å²) >= 11 is 0. The Kier molecular flexibility index (Phi) is 6.18. The highest BCUT2D eigenvalue weighted by Crippen LogP contribution is 2.32. The fourth-order valence-corrected chi connectivity index (χ4v) is 3.14. The zero-order valence-corrected chi connectivity index (χ0v) is 13.4. The van der Waals surface area contributed by atoms with Gasteiger partial charge >= 0.3 is 0 Å². The third kappa shape index (κ3) is 4.51. The van der Waals surface area contributed by atoms with Crippen LogP contribution in [0, 0.1) is 5.92 Å².